The molecule has 0 aliphatic rings. The molecule has 2 aromatic rings. The topological polar surface area (TPSA) is 134 Å². The minimum Gasteiger partial charge on any atom is -0.464 e. The summed E-state index contributed by atoms with van der Waals surface area (Å²) < 4.78 is 16.0. The average Bonchev–Trinajstić information content (AvgIpc) is 3.03. The van der Waals surface area contributed by atoms with Gasteiger partial charge in [-0.25, -0.2) is 14.4 Å². The van der Waals surface area contributed by atoms with Gasteiger partial charge < -0.3 is 24.5 Å². The Morgan fingerprint density at radius 2 is 1.75 bits per heavy atom. The van der Waals surface area contributed by atoms with Crippen molar-refractivity contribution in [3.63, 3.8) is 0 Å². The van der Waals surface area contributed by atoms with E-state index in [0.717, 1.165) is 0 Å². The summed E-state index contributed by atoms with van der Waals surface area (Å²) in [5.74, 6) is -2.12. The molecule has 0 saturated heterocycles. The van der Waals surface area contributed by atoms with Gasteiger partial charge in [0, 0.05) is 6.20 Å². The van der Waals surface area contributed by atoms with Gasteiger partial charge in [0.05, 0.1) is 48.4 Å². The van der Waals surface area contributed by atoms with Gasteiger partial charge in [0.25, 0.3) is 0 Å². The molecule has 0 radical (unpaired) electrons. The second kappa shape index (κ2) is 8.73. The van der Waals surface area contributed by atoms with Gasteiger partial charge in [0.1, 0.15) is 6.07 Å². The van der Waals surface area contributed by atoms with Crippen LogP contribution in [0.25, 0.3) is 5.69 Å². The van der Waals surface area contributed by atoms with Gasteiger partial charge in [-0.1, -0.05) is 0 Å². The number of nitrogens with two attached hydrogens (primary N) is 1. The van der Waals surface area contributed by atoms with Crippen molar-refractivity contribution in [2.75, 3.05) is 26.1 Å². The zero-order valence-corrected chi connectivity index (χ0v) is 15.6. The normalized spacial score (nSPS) is 10.1. The number of carbonyl (C=O) groups is 3. The van der Waals surface area contributed by atoms with Crippen molar-refractivity contribution >= 4 is 23.6 Å². The molecule has 0 aliphatic heterocycles. The van der Waals surface area contributed by atoms with Crippen LogP contribution in [0.3, 0.4) is 0 Å². The van der Waals surface area contributed by atoms with Crippen LogP contribution in [0, 0.1) is 11.3 Å². The lowest BCUT2D eigenvalue weighted by Crippen LogP contribution is -2.16. The fourth-order valence-corrected chi connectivity index (χ4v) is 2.56. The van der Waals surface area contributed by atoms with Gasteiger partial charge >= 0.3 is 17.9 Å². The van der Waals surface area contributed by atoms with Gasteiger partial charge in [0.15, 0.2) is 5.69 Å². The lowest BCUT2D eigenvalue weighted by atomic mass is 10.1. The van der Waals surface area contributed by atoms with Crippen molar-refractivity contribution in [1.82, 2.24) is 4.57 Å². The molecule has 0 unspecified atom stereocenters. The van der Waals surface area contributed by atoms with Gasteiger partial charge in [-0.05, 0) is 32.0 Å². The first-order valence-electron chi connectivity index (χ1n) is 8.37. The number of esters is 3. The minimum absolute atomic E-state index is 0.00274. The van der Waals surface area contributed by atoms with Crippen LogP contribution in [0.2, 0.25) is 0 Å². The van der Waals surface area contributed by atoms with Crippen molar-refractivity contribution in [3.8, 4) is 11.8 Å². The molecule has 1 heterocycles. The second-order valence-electron chi connectivity index (χ2n) is 5.45. The quantitative estimate of drug-likeness (QED) is 0.590. The Hall–Kier alpha value is -3.80. The van der Waals surface area contributed by atoms with E-state index in [4.69, 9.17) is 19.9 Å². The maximum absolute atomic E-state index is 12.5. The molecule has 1 aromatic carbocycles. The highest BCUT2D eigenvalue weighted by Crippen LogP contribution is 2.28. The van der Waals surface area contributed by atoms with Crippen molar-refractivity contribution in [3.05, 3.63) is 46.8 Å². The number of anilines is 1. The van der Waals surface area contributed by atoms with E-state index in [0.29, 0.717) is 0 Å². The number of hydrogen-bond acceptors (Lipinski definition) is 8. The molecular weight excluding hydrogens is 366 g/mol. The summed E-state index contributed by atoms with van der Waals surface area (Å²) >= 11 is 0. The Labute approximate surface area is 161 Å². The van der Waals surface area contributed by atoms with E-state index in [1.54, 1.807) is 13.8 Å². The Morgan fingerprint density at radius 3 is 2.32 bits per heavy atom. The van der Waals surface area contributed by atoms with Gasteiger partial charge in [-0.3, -0.25) is 0 Å². The number of nitriles is 1. The number of nitrogens with zero attached hydrogens (tertiary/aromatic N) is 2. The van der Waals surface area contributed by atoms with E-state index in [1.807, 2.05) is 6.07 Å². The van der Waals surface area contributed by atoms with E-state index >= 15 is 0 Å². The average molecular weight is 385 g/mol. The molecule has 0 saturated carbocycles. The number of methoxy groups -OCH3 is 1. The van der Waals surface area contributed by atoms with E-state index < -0.39 is 17.9 Å². The highest BCUT2D eigenvalue weighted by molar-refractivity contribution is 6.00. The number of benzene rings is 1. The molecule has 2 rings (SSSR count). The highest BCUT2D eigenvalue weighted by Gasteiger charge is 2.25. The fraction of sp³-hybridized carbons (Fsp3) is 0.263. The Balaban J connectivity index is 2.75. The predicted molar refractivity (Wildman–Crippen MR) is 98.1 cm³/mol. The monoisotopic (exact) mass is 385 g/mol. The zero-order valence-electron chi connectivity index (χ0n) is 15.6. The molecule has 146 valence electrons. The summed E-state index contributed by atoms with van der Waals surface area (Å²) in [7, 11) is 1.17. The number of aromatic nitrogens is 1. The first kappa shape index (κ1) is 20.5. The maximum Gasteiger partial charge on any atom is 0.357 e. The maximum atomic E-state index is 12.5. The van der Waals surface area contributed by atoms with E-state index in [2.05, 4.69) is 0 Å². The van der Waals surface area contributed by atoms with E-state index in [-0.39, 0.29) is 47.0 Å². The summed E-state index contributed by atoms with van der Waals surface area (Å²) in [6, 6.07) is 6.05. The first-order valence-corrected chi connectivity index (χ1v) is 8.37. The Bertz CT molecular complexity index is 971. The SMILES string of the molecule is CCOC(=O)c1ccc(-n2cc(C#N)c(N)c2C(=O)OC)c(C(=O)OCC)c1. The Morgan fingerprint density at radius 1 is 1.11 bits per heavy atom. The standard InChI is InChI=1S/C19H19N3O6/c1-4-27-17(23)11-6-7-14(13(8-11)18(24)28-5-2)22-10-12(9-20)15(21)16(22)19(25)26-3/h6-8,10H,4-5,21H2,1-3H3. The number of hydrogen-bond donors (Lipinski definition) is 1. The van der Waals surface area contributed by atoms with Crippen LogP contribution in [-0.4, -0.2) is 42.8 Å². The predicted octanol–water partition coefficient (Wildman–Crippen LogP) is 2.07. The Kier molecular flexibility index (Phi) is 6.39. The highest BCUT2D eigenvalue weighted by atomic mass is 16.5. The molecule has 2 N–H and O–H groups in total. The number of nitrogen functional groups attached to an aromatic ring is 1. The van der Waals surface area contributed by atoms with E-state index in [9.17, 15) is 19.6 Å². The van der Waals surface area contributed by atoms with Crippen LogP contribution in [0.15, 0.2) is 24.4 Å². The van der Waals surface area contributed by atoms with Gasteiger partial charge in [-0.15, -0.1) is 0 Å². The minimum atomic E-state index is -0.789. The lowest BCUT2D eigenvalue weighted by Gasteiger charge is -2.14. The summed E-state index contributed by atoms with van der Waals surface area (Å²) in [6.45, 7) is 3.56. The molecule has 28 heavy (non-hydrogen) atoms. The van der Waals surface area contributed by atoms with Crippen molar-refractivity contribution in [2.45, 2.75) is 13.8 Å². The number of carbonyl (C=O) groups excluding carboxylic acids is 3. The zero-order chi connectivity index (χ0) is 20.8. The third-order valence-electron chi connectivity index (χ3n) is 3.81. The molecule has 1 aromatic heterocycles. The van der Waals surface area contributed by atoms with Crippen molar-refractivity contribution in [2.24, 2.45) is 0 Å². The van der Waals surface area contributed by atoms with Crippen LogP contribution in [0.4, 0.5) is 5.69 Å². The molecule has 0 aliphatic carbocycles. The van der Waals surface area contributed by atoms with Crippen LogP contribution in [0.1, 0.15) is 50.6 Å². The van der Waals surface area contributed by atoms with Crippen LogP contribution >= 0.6 is 0 Å². The van der Waals surface area contributed by atoms with E-state index in [1.165, 1.54) is 36.1 Å². The van der Waals surface area contributed by atoms with Crippen molar-refractivity contribution < 1.29 is 28.6 Å². The molecule has 0 spiro atoms. The summed E-state index contributed by atoms with van der Waals surface area (Å²) in [5, 5.41) is 9.25. The molecule has 0 fully saturated rings. The first-order chi connectivity index (χ1) is 13.4. The largest absolute Gasteiger partial charge is 0.464 e. The summed E-state index contributed by atoms with van der Waals surface area (Å²) in [5.41, 5.74) is 6.05. The fourth-order valence-electron chi connectivity index (χ4n) is 2.56. The van der Waals surface area contributed by atoms with Gasteiger partial charge in [0.2, 0.25) is 0 Å². The lowest BCUT2D eigenvalue weighted by molar-refractivity contribution is 0.0521. The molecule has 0 amide bonds. The van der Waals surface area contributed by atoms with Crippen molar-refractivity contribution in [1.29, 1.82) is 5.26 Å². The smallest absolute Gasteiger partial charge is 0.357 e. The third-order valence-corrected chi connectivity index (χ3v) is 3.81. The van der Waals surface area contributed by atoms with Gasteiger partial charge in [-0.2, -0.15) is 5.26 Å². The van der Waals surface area contributed by atoms with Crippen LogP contribution in [-0.2, 0) is 14.2 Å². The molecule has 0 bridgehead atoms. The third kappa shape index (κ3) is 3.81. The number of ether oxygens (including phenoxy) is 3. The van der Waals surface area contributed by atoms with Crippen LogP contribution < -0.4 is 5.73 Å². The number of rotatable bonds is 6. The van der Waals surface area contributed by atoms with Crippen LogP contribution in [0.5, 0.6) is 0 Å². The molecule has 9 heteroatoms. The summed E-state index contributed by atoms with van der Waals surface area (Å²) in [6.07, 6.45) is 1.31. The molecular formula is C19H19N3O6. The summed E-state index contributed by atoms with van der Waals surface area (Å²) in [4.78, 5) is 36.7. The second-order valence-corrected chi connectivity index (χ2v) is 5.45. The molecule has 9 nitrogen and oxygen atoms in total. The molecule has 0 atom stereocenters.